The Morgan fingerprint density at radius 2 is 1.16 bits per heavy atom. The zero-order chi connectivity index (χ0) is 41.5. The molecule has 6 heteroatoms. The number of para-hydroxylation sites is 1. The molecule has 0 radical (unpaired) electrons. The molecule has 6 aromatic rings. The zero-order valence-corrected chi connectivity index (χ0v) is 39.5. The second kappa shape index (κ2) is 15.0. The van der Waals surface area contributed by atoms with Crippen molar-refractivity contribution in [2.75, 3.05) is 9.80 Å². The molecule has 58 heavy (non-hydrogen) atoms. The Morgan fingerprint density at radius 1 is 0.534 bits per heavy atom. The monoisotopic (exact) mass is 952 g/mol. The smallest absolute Gasteiger partial charge is 0.135 e. The number of rotatable bonds is 5. The van der Waals surface area contributed by atoms with E-state index in [1.807, 2.05) is 12.3 Å². The van der Waals surface area contributed by atoms with Crippen molar-refractivity contribution in [2.24, 2.45) is 10.8 Å². The average molecular weight is 953 g/mol. The van der Waals surface area contributed by atoms with E-state index in [1.54, 1.807) is 0 Å². The average Bonchev–Trinajstić information content (AvgIpc) is 3.68. The summed E-state index contributed by atoms with van der Waals surface area (Å²) in [6.45, 7) is 36.4. The van der Waals surface area contributed by atoms with Crippen molar-refractivity contribution in [1.29, 1.82) is 0 Å². The first-order chi connectivity index (χ1) is 26.4. The maximum absolute atomic E-state index is 6.85. The van der Waals surface area contributed by atoms with Gasteiger partial charge in [0.15, 0.2) is 0 Å². The summed E-state index contributed by atoms with van der Waals surface area (Å²) in [5.41, 5.74) is 9.83. The van der Waals surface area contributed by atoms with Gasteiger partial charge in [-0.3, -0.25) is 0 Å². The Kier molecular flexibility index (Phi) is 11.2. The third-order valence-electron chi connectivity index (χ3n) is 10.9. The molecule has 0 saturated carbocycles. The van der Waals surface area contributed by atoms with Gasteiger partial charge in [0, 0.05) is 72.2 Å². The van der Waals surface area contributed by atoms with E-state index in [1.165, 1.54) is 22.5 Å². The van der Waals surface area contributed by atoms with Crippen LogP contribution in [-0.4, -0.2) is 9.55 Å². The quantitative estimate of drug-likeness (QED) is 0.161. The van der Waals surface area contributed by atoms with Gasteiger partial charge in [0.05, 0.1) is 0 Å². The second-order valence-corrected chi connectivity index (χ2v) is 20.9. The van der Waals surface area contributed by atoms with E-state index >= 15 is 0 Å². The predicted octanol–water partition coefficient (Wildman–Crippen LogP) is 14.2. The Hall–Kier alpha value is -4.34. The fourth-order valence-electron chi connectivity index (χ4n) is 7.84. The first kappa shape index (κ1) is 43.2. The molecule has 0 aliphatic carbocycles. The van der Waals surface area contributed by atoms with Crippen LogP contribution in [0.15, 0.2) is 103 Å². The molecule has 0 fully saturated rings. The summed E-state index contributed by atoms with van der Waals surface area (Å²) >= 11 is 0. The molecule has 0 N–H and O–H groups in total. The molecule has 0 bridgehead atoms. The number of benzene rings is 4. The topological polar surface area (TPSA) is 33.5 Å². The summed E-state index contributed by atoms with van der Waals surface area (Å²) in [7, 11) is 0. The third kappa shape index (κ3) is 8.40. The summed E-state index contributed by atoms with van der Waals surface area (Å²) in [6.07, 6.45) is 1.91. The van der Waals surface area contributed by atoms with Crippen LogP contribution in [0.3, 0.4) is 0 Å². The van der Waals surface area contributed by atoms with Crippen molar-refractivity contribution in [3.8, 4) is 17.3 Å². The Labute approximate surface area is 362 Å². The molecule has 4 aromatic carbocycles. The number of hydrogen-bond donors (Lipinski definition) is 0. The summed E-state index contributed by atoms with van der Waals surface area (Å²) in [5, 5.41) is 2.26. The molecule has 308 valence electrons. The number of aromatic nitrogens is 2. The summed E-state index contributed by atoms with van der Waals surface area (Å²) in [6, 6.07) is 37.8. The minimum atomic E-state index is -0.188. The van der Waals surface area contributed by atoms with E-state index < -0.39 is 0 Å². The minimum Gasteiger partial charge on any atom is -0.509 e. The number of fused-ring (bicyclic) bond motifs is 3. The number of anilines is 2. The van der Waals surface area contributed by atoms with Gasteiger partial charge in [-0.1, -0.05) is 140 Å². The predicted molar refractivity (Wildman–Crippen MR) is 240 cm³/mol. The number of pyridine rings is 1. The normalized spacial score (nSPS) is 14.5. The summed E-state index contributed by atoms with van der Waals surface area (Å²) < 4.78 is 9.06. The molecule has 0 amide bonds. The Balaban J connectivity index is 0.00000567. The van der Waals surface area contributed by atoms with Crippen LogP contribution in [0.1, 0.15) is 121 Å². The van der Waals surface area contributed by atoms with Gasteiger partial charge in [-0.2, -0.15) is 6.07 Å². The van der Waals surface area contributed by atoms with Gasteiger partial charge in [0.25, 0.3) is 0 Å². The number of hydrogen-bond acceptors (Lipinski definition) is 4. The second-order valence-electron chi connectivity index (χ2n) is 20.9. The van der Waals surface area contributed by atoms with Crippen LogP contribution in [0.5, 0.6) is 11.5 Å². The van der Waals surface area contributed by atoms with E-state index in [9.17, 15) is 0 Å². The first-order valence-electron chi connectivity index (χ1n) is 20.4. The van der Waals surface area contributed by atoms with E-state index in [0.29, 0.717) is 11.5 Å². The molecule has 2 aromatic heterocycles. The molecule has 0 spiro atoms. The van der Waals surface area contributed by atoms with Crippen LogP contribution < -0.4 is 14.5 Å². The molecule has 7 rings (SSSR count). The molecule has 0 atom stereocenters. The Bertz CT molecular complexity index is 2510. The largest absolute Gasteiger partial charge is 0.509 e. The van der Waals surface area contributed by atoms with E-state index in [-0.39, 0.29) is 48.1 Å². The van der Waals surface area contributed by atoms with Crippen LogP contribution >= 0.6 is 0 Å². The van der Waals surface area contributed by atoms with Gasteiger partial charge in [-0.05, 0) is 63.1 Å². The number of ether oxygens (including phenoxy) is 1. The molecule has 1 aliphatic heterocycles. The van der Waals surface area contributed by atoms with Crippen molar-refractivity contribution in [2.45, 2.75) is 120 Å². The Morgan fingerprint density at radius 3 is 1.79 bits per heavy atom. The van der Waals surface area contributed by atoms with Gasteiger partial charge in [0.1, 0.15) is 5.82 Å². The van der Waals surface area contributed by atoms with Crippen LogP contribution in [0, 0.1) is 29.6 Å². The van der Waals surface area contributed by atoms with Gasteiger partial charge < -0.3 is 19.1 Å². The van der Waals surface area contributed by atoms with Crippen molar-refractivity contribution >= 4 is 33.2 Å². The molecule has 1 aliphatic rings. The number of allylic oxidation sites excluding steroid dienone is 2. The molecule has 0 saturated heterocycles. The standard InChI is InChI=1S/C52H61N4O.Pt/c1-48(2,3)34-19-18-20-37(27-34)54-33-55(47(52(13,14)15)46(54)51(10,11)12)38-28-36(50(7,8)9)29-40(31-38)57-39-23-24-42-41-21-16-17-22-43(41)56(44(42)32-39)45-30-35(25-26-53-45)49(4,5)6;/h16-30,33H,1-15H3;/q-3;. The van der Waals surface area contributed by atoms with E-state index in [0.717, 1.165) is 44.6 Å². The van der Waals surface area contributed by atoms with Crippen LogP contribution in [0.2, 0.25) is 0 Å². The van der Waals surface area contributed by atoms with Crippen LogP contribution in [0.4, 0.5) is 11.4 Å². The van der Waals surface area contributed by atoms with Crippen LogP contribution in [0.25, 0.3) is 27.6 Å². The van der Waals surface area contributed by atoms with Gasteiger partial charge >= 0.3 is 0 Å². The molecule has 3 heterocycles. The fraction of sp³-hybridized carbons (Fsp3) is 0.385. The zero-order valence-electron chi connectivity index (χ0n) is 37.3. The first-order valence-corrected chi connectivity index (χ1v) is 20.4. The van der Waals surface area contributed by atoms with Crippen LogP contribution in [-0.2, 0) is 37.3 Å². The third-order valence-corrected chi connectivity index (χ3v) is 10.9. The van der Waals surface area contributed by atoms with Crippen molar-refractivity contribution in [3.63, 3.8) is 0 Å². The van der Waals surface area contributed by atoms with E-state index in [4.69, 9.17) is 9.72 Å². The summed E-state index contributed by atoms with van der Waals surface area (Å²) in [5.74, 6) is 2.14. The molecule has 0 unspecified atom stereocenters. The number of nitrogens with zero attached hydrogens (tertiary/aromatic N) is 4. The maximum atomic E-state index is 6.85. The van der Waals surface area contributed by atoms with Crippen molar-refractivity contribution in [1.82, 2.24) is 9.55 Å². The van der Waals surface area contributed by atoms with Crippen molar-refractivity contribution < 1.29 is 25.8 Å². The van der Waals surface area contributed by atoms with Crippen molar-refractivity contribution in [3.05, 3.63) is 138 Å². The summed E-state index contributed by atoms with van der Waals surface area (Å²) in [4.78, 5) is 9.63. The molecular formula is C52H61N4OPt-3. The maximum Gasteiger partial charge on any atom is 0.135 e. The molecule has 5 nitrogen and oxygen atoms in total. The van der Waals surface area contributed by atoms with Gasteiger partial charge in [0.2, 0.25) is 0 Å². The SMILES string of the molecule is CC(C)(C)C1=C(C(C)(C)C)N(c2cccc(C(C)(C)C)c2)[CH-]N1c1[c-]c(Oc2[c-]c3c(cc2)c2ccccc2n3-c2cc(C(C)(C)C)ccn2)cc(C(C)(C)C)c1.[Pt]. The van der Waals surface area contributed by atoms with Gasteiger partial charge in [-0.15, -0.1) is 53.6 Å². The fourth-order valence-corrected chi connectivity index (χ4v) is 7.84. The van der Waals surface area contributed by atoms with Gasteiger partial charge in [-0.25, -0.2) is 4.98 Å². The van der Waals surface area contributed by atoms with E-state index in [2.05, 4.69) is 216 Å². The molecular weight excluding hydrogens is 892 g/mol. The minimum absolute atomic E-state index is 0.